The Labute approximate surface area is 74.2 Å². The van der Waals surface area contributed by atoms with E-state index in [-0.39, 0.29) is 16.7 Å². The first-order valence-electron chi connectivity index (χ1n) is 3.97. The van der Waals surface area contributed by atoms with Gasteiger partial charge in [0.15, 0.2) is 0 Å². The molecule has 0 spiro atoms. The molecule has 1 aromatic carbocycles. The van der Waals surface area contributed by atoms with Gasteiger partial charge in [0.05, 0.1) is 0 Å². The van der Waals surface area contributed by atoms with Gasteiger partial charge in [-0.25, -0.2) is 4.39 Å². The van der Waals surface area contributed by atoms with Gasteiger partial charge in [0.25, 0.3) is 0 Å². The van der Waals surface area contributed by atoms with E-state index in [1.54, 1.807) is 12.1 Å². The van der Waals surface area contributed by atoms with Crippen molar-refractivity contribution in [2.75, 3.05) is 0 Å². The Balaban J connectivity index is 3.14. The number of rotatable bonds is 0. The van der Waals surface area contributed by atoms with Gasteiger partial charge in [-0.2, -0.15) is 0 Å². The molecule has 0 aromatic heterocycles. The van der Waals surface area contributed by atoms with Crippen LogP contribution in [0.2, 0.25) is 0 Å². The molecule has 1 rings (SSSR count). The summed E-state index contributed by atoms with van der Waals surface area (Å²) in [4.78, 5) is 0. The Morgan fingerprint density at radius 3 is 2.25 bits per heavy atom. The molecule has 0 heterocycles. The fraction of sp³-hybridized carbons (Fsp3) is 0.400. The Morgan fingerprint density at radius 2 is 1.83 bits per heavy atom. The molecule has 0 aliphatic rings. The van der Waals surface area contributed by atoms with Crippen LogP contribution in [-0.2, 0) is 5.41 Å². The van der Waals surface area contributed by atoms with Crippen molar-refractivity contribution in [3.63, 3.8) is 0 Å². The van der Waals surface area contributed by atoms with E-state index < -0.39 is 0 Å². The molecule has 0 unspecified atom stereocenters. The number of benzene rings is 1. The summed E-state index contributed by atoms with van der Waals surface area (Å²) >= 11 is 0. The van der Waals surface area contributed by atoms with Crippen LogP contribution in [0.1, 0.15) is 26.3 Å². The summed E-state index contributed by atoms with van der Waals surface area (Å²) in [5.74, 6) is -0.344. The Morgan fingerprint density at radius 1 is 1.25 bits per heavy atom. The van der Waals surface area contributed by atoms with Gasteiger partial charge in [-0.3, -0.25) is 0 Å². The molecular formula is C10H12BF. The maximum absolute atomic E-state index is 12.8. The summed E-state index contributed by atoms with van der Waals surface area (Å²) in [6.45, 7) is 6.21. The molecule has 12 heavy (non-hydrogen) atoms. The molecule has 0 nitrogen and oxygen atoms in total. The first kappa shape index (κ1) is 9.30. The number of hydrogen-bond donors (Lipinski definition) is 0. The van der Waals surface area contributed by atoms with Gasteiger partial charge in [-0.05, 0) is 17.0 Å². The van der Waals surface area contributed by atoms with E-state index in [2.05, 4.69) is 20.8 Å². The monoisotopic (exact) mass is 162 g/mol. The minimum Gasteiger partial charge on any atom is -0.208 e. The third-order valence-corrected chi connectivity index (χ3v) is 1.86. The van der Waals surface area contributed by atoms with E-state index >= 15 is 0 Å². The van der Waals surface area contributed by atoms with Crippen LogP contribution in [0.3, 0.4) is 0 Å². The minimum absolute atomic E-state index is 0.0296. The lowest BCUT2D eigenvalue weighted by Crippen LogP contribution is -2.17. The molecule has 2 radical (unpaired) electrons. The van der Waals surface area contributed by atoms with E-state index in [0.29, 0.717) is 0 Å². The van der Waals surface area contributed by atoms with Crippen molar-refractivity contribution in [3.05, 3.63) is 29.6 Å². The quantitative estimate of drug-likeness (QED) is 0.511. The molecule has 2 heteroatoms. The second-order valence-corrected chi connectivity index (χ2v) is 3.99. The topological polar surface area (TPSA) is 0 Å². The number of halogens is 1. The van der Waals surface area contributed by atoms with Crippen molar-refractivity contribution < 1.29 is 4.39 Å². The summed E-state index contributed by atoms with van der Waals surface area (Å²) in [6, 6.07) is 4.87. The van der Waals surface area contributed by atoms with E-state index in [1.165, 1.54) is 6.07 Å². The summed E-state index contributed by atoms with van der Waals surface area (Å²) in [6.07, 6.45) is 0. The minimum atomic E-state index is -0.344. The van der Waals surface area contributed by atoms with Crippen molar-refractivity contribution in [2.24, 2.45) is 0 Å². The zero-order valence-electron chi connectivity index (χ0n) is 7.69. The predicted molar refractivity (Wildman–Crippen MR) is 50.5 cm³/mol. The van der Waals surface area contributed by atoms with Gasteiger partial charge in [-0.1, -0.05) is 38.4 Å². The first-order valence-corrected chi connectivity index (χ1v) is 3.97. The lowest BCUT2D eigenvalue weighted by molar-refractivity contribution is 0.585. The van der Waals surface area contributed by atoms with Gasteiger partial charge in [0.1, 0.15) is 13.7 Å². The summed E-state index contributed by atoms with van der Waals surface area (Å²) < 4.78 is 12.8. The molecule has 0 aliphatic heterocycles. The average molecular weight is 162 g/mol. The van der Waals surface area contributed by atoms with Crippen molar-refractivity contribution >= 4 is 13.3 Å². The molecule has 0 atom stereocenters. The summed E-state index contributed by atoms with van der Waals surface area (Å²) in [5.41, 5.74) is 1.31. The van der Waals surface area contributed by atoms with Gasteiger partial charge < -0.3 is 0 Å². The van der Waals surface area contributed by atoms with Gasteiger partial charge in [0.2, 0.25) is 0 Å². The van der Waals surface area contributed by atoms with Crippen LogP contribution < -0.4 is 5.46 Å². The van der Waals surface area contributed by atoms with Crippen LogP contribution in [-0.4, -0.2) is 7.85 Å². The SMILES string of the molecule is [B]c1cc(C(C)(C)C)ccc1F. The van der Waals surface area contributed by atoms with Crippen LogP contribution >= 0.6 is 0 Å². The normalized spacial score (nSPS) is 11.7. The van der Waals surface area contributed by atoms with Crippen LogP contribution in [0.4, 0.5) is 4.39 Å². The molecular weight excluding hydrogens is 150 g/mol. The fourth-order valence-corrected chi connectivity index (χ4v) is 1.01. The van der Waals surface area contributed by atoms with Crippen molar-refractivity contribution in [2.45, 2.75) is 26.2 Å². The van der Waals surface area contributed by atoms with E-state index in [0.717, 1.165) is 5.56 Å². The molecule has 0 saturated heterocycles. The maximum atomic E-state index is 12.8. The largest absolute Gasteiger partial charge is 0.208 e. The zero-order chi connectivity index (χ0) is 9.35. The molecule has 0 saturated carbocycles. The van der Waals surface area contributed by atoms with Crippen molar-refractivity contribution in [1.29, 1.82) is 0 Å². The molecule has 0 aliphatic carbocycles. The maximum Gasteiger partial charge on any atom is 0.117 e. The van der Waals surface area contributed by atoms with E-state index in [1.807, 2.05) is 0 Å². The lowest BCUT2D eigenvalue weighted by atomic mass is 9.83. The predicted octanol–water partition coefficient (Wildman–Crippen LogP) is 1.92. The molecule has 0 amide bonds. The lowest BCUT2D eigenvalue weighted by Gasteiger charge is -2.19. The smallest absolute Gasteiger partial charge is 0.117 e. The van der Waals surface area contributed by atoms with Gasteiger partial charge in [-0.15, -0.1) is 0 Å². The highest BCUT2D eigenvalue weighted by molar-refractivity contribution is 6.32. The second-order valence-electron chi connectivity index (χ2n) is 3.99. The van der Waals surface area contributed by atoms with Crippen LogP contribution in [0.5, 0.6) is 0 Å². The van der Waals surface area contributed by atoms with Crippen LogP contribution in [0, 0.1) is 5.82 Å². The highest BCUT2D eigenvalue weighted by Crippen LogP contribution is 2.20. The highest BCUT2D eigenvalue weighted by atomic mass is 19.1. The molecule has 62 valence electrons. The Kier molecular flexibility index (Phi) is 2.27. The third-order valence-electron chi connectivity index (χ3n) is 1.86. The average Bonchev–Trinajstić information content (AvgIpc) is 1.92. The molecule has 1 aromatic rings. The Bertz CT molecular complexity index is 286. The van der Waals surface area contributed by atoms with Gasteiger partial charge >= 0.3 is 0 Å². The van der Waals surface area contributed by atoms with Crippen LogP contribution in [0.25, 0.3) is 0 Å². The molecule has 0 bridgehead atoms. The molecule has 0 N–H and O–H groups in total. The Hall–Kier alpha value is -0.785. The highest BCUT2D eigenvalue weighted by Gasteiger charge is 2.13. The summed E-state index contributed by atoms with van der Waals surface area (Å²) in [7, 11) is 5.44. The van der Waals surface area contributed by atoms with Crippen LogP contribution in [0.15, 0.2) is 18.2 Å². The zero-order valence-corrected chi connectivity index (χ0v) is 7.69. The number of hydrogen-bond acceptors (Lipinski definition) is 0. The van der Waals surface area contributed by atoms with E-state index in [9.17, 15) is 4.39 Å². The van der Waals surface area contributed by atoms with Gasteiger partial charge in [0, 0.05) is 0 Å². The standard InChI is InChI=1S/C10H12BF/c1-10(2,3)7-4-5-9(12)8(11)6-7/h4-6H,1-3H3. The van der Waals surface area contributed by atoms with Crippen molar-refractivity contribution in [1.82, 2.24) is 0 Å². The molecule has 0 fully saturated rings. The fourth-order valence-electron chi connectivity index (χ4n) is 1.01. The summed E-state index contributed by atoms with van der Waals surface area (Å²) in [5, 5.41) is 0. The third kappa shape index (κ3) is 1.87. The second kappa shape index (κ2) is 2.93. The van der Waals surface area contributed by atoms with E-state index in [4.69, 9.17) is 7.85 Å². The first-order chi connectivity index (χ1) is 5.41. The van der Waals surface area contributed by atoms with Crippen molar-refractivity contribution in [3.8, 4) is 0 Å².